The van der Waals surface area contributed by atoms with Gasteiger partial charge in [-0.3, -0.25) is 0 Å². The summed E-state index contributed by atoms with van der Waals surface area (Å²) in [6.45, 7) is 9.61. The Kier molecular flexibility index (Phi) is 8.49. The number of halogens is 1. The van der Waals surface area contributed by atoms with E-state index in [4.69, 9.17) is 0 Å². The fourth-order valence-corrected chi connectivity index (χ4v) is 12.1. The molecule has 0 fully saturated rings. The van der Waals surface area contributed by atoms with Crippen LogP contribution in [0.3, 0.4) is 0 Å². The van der Waals surface area contributed by atoms with Crippen LogP contribution in [0.1, 0.15) is 52.5 Å². The van der Waals surface area contributed by atoms with Crippen molar-refractivity contribution in [2.24, 2.45) is 0 Å². The molecule has 0 N–H and O–H groups in total. The molecule has 1 aromatic rings. The third kappa shape index (κ3) is 4.62. The molecular formula is C18H29GeI. The Hall–Kier alpha value is 0.233. The summed E-state index contributed by atoms with van der Waals surface area (Å²) in [6, 6.07) is 8.81. The Balaban J connectivity index is 3.20. The minimum atomic E-state index is -1.80. The zero-order chi connectivity index (χ0) is 15.0. The molecule has 1 aromatic carbocycles. The monoisotopic (exact) mass is 446 g/mol. The van der Waals surface area contributed by atoms with E-state index in [1.807, 2.05) is 4.41 Å². The average Bonchev–Trinajstić information content (AvgIpc) is 2.48. The fraction of sp³-hybridized carbons (Fsp3) is 0.556. The molecule has 0 saturated carbocycles. The molecule has 0 saturated heterocycles. The maximum absolute atomic E-state index is 2.56. The number of hydrogen-bond acceptors (Lipinski definition) is 0. The molecule has 0 radical (unpaired) electrons. The van der Waals surface area contributed by atoms with Gasteiger partial charge in [-0.15, -0.1) is 0 Å². The summed E-state index contributed by atoms with van der Waals surface area (Å²) in [4.78, 5) is 0. The van der Waals surface area contributed by atoms with Crippen LogP contribution in [0.15, 0.2) is 28.7 Å². The normalized spacial score (nSPS) is 12.8. The number of allylic oxidation sites excluding steroid dienone is 1. The van der Waals surface area contributed by atoms with Crippen molar-refractivity contribution >= 4 is 41.9 Å². The molecule has 0 nitrogen and oxygen atoms in total. The van der Waals surface area contributed by atoms with Crippen molar-refractivity contribution in [2.75, 3.05) is 0 Å². The van der Waals surface area contributed by atoms with Crippen LogP contribution in [-0.4, -0.2) is 13.3 Å². The van der Waals surface area contributed by atoms with E-state index < -0.39 is 13.3 Å². The molecule has 0 aromatic heterocycles. The predicted molar refractivity (Wildman–Crippen MR) is 104 cm³/mol. The van der Waals surface area contributed by atoms with Gasteiger partial charge in [0.15, 0.2) is 0 Å². The summed E-state index contributed by atoms with van der Waals surface area (Å²) < 4.78 is 3.24. The molecule has 0 aliphatic carbocycles. The molecule has 0 unspecified atom stereocenters. The van der Waals surface area contributed by atoms with Crippen LogP contribution in [0.2, 0.25) is 15.8 Å². The van der Waals surface area contributed by atoms with Crippen molar-refractivity contribution in [1.29, 1.82) is 0 Å². The second kappa shape index (κ2) is 9.29. The molecule has 0 heterocycles. The Morgan fingerprint density at radius 2 is 1.65 bits per heavy atom. The van der Waals surface area contributed by atoms with E-state index in [1.54, 1.807) is 0 Å². The van der Waals surface area contributed by atoms with E-state index in [0.29, 0.717) is 0 Å². The molecule has 0 bridgehead atoms. The molecule has 0 spiro atoms. The van der Waals surface area contributed by atoms with E-state index >= 15 is 0 Å². The zero-order valence-corrected chi connectivity index (χ0v) is 17.8. The molecular weight excluding hydrogens is 416 g/mol. The Labute approximate surface area is 141 Å². The molecule has 112 valence electrons. The average molecular weight is 445 g/mol. The van der Waals surface area contributed by atoms with Crippen molar-refractivity contribution in [3.8, 4) is 0 Å². The zero-order valence-electron chi connectivity index (χ0n) is 13.5. The van der Waals surface area contributed by atoms with E-state index in [0.717, 1.165) is 0 Å². The molecule has 0 amide bonds. The van der Waals surface area contributed by atoms with Crippen LogP contribution in [0.25, 0.3) is 6.08 Å². The van der Waals surface area contributed by atoms with Crippen LogP contribution >= 0.6 is 22.6 Å². The van der Waals surface area contributed by atoms with Gasteiger partial charge in [0.25, 0.3) is 0 Å². The van der Waals surface area contributed by atoms with E-state index in [2.05, 4.69) is 80.6 Å². The number of hydrogen-bond donors (Lipinski definition) is 0. The first-order valence-corrected chi connectivity index (χ1v) is 14.7. The molecule has 0 aliphatic rings. The van der Waals surface area contributed by atoms with Crippen molar-refractivity contribution in [3.05, 3.63) is 37.8 Å². The van der Waals surface area contributed by atoms with Gasteiger partial charge in [-0.2, -0.15) is 0 Å². The number of unbranched alkanes of at least 4 members (excludes halogenated alkanes) is 1. The fourth-order valence-electron chi connectivity index (χ4n) is 3.07. The van der Waals surface area contributed by atoms with Gasteiger partial charge in [-0.25, -0.2) is 0 Å². The standard InChI is InChI=1S/C18H29GeI/c1-5-9-13-17(19(6-2,7-3)8-4)15-16-12-10-11-14-18(16)20/h10-12,14-15H,5-9,13H2,1-4H3/b17-15-. The van der Waals surface area contributed by atoms with E-state index in [-0.39, 0.29) is 0 Å². The summed E-state index contributed by atoms with van der Waals surface area (Å²) in [5.74, 6) is 0. The van der Waals surface area contributed by atoms with Crippen molar-refractivity contribution < 1.29 is 0 Å². The van der Waals surface area contributed by atoms with Gasteiger partial charge < -0.3 is 0 Å². The maximum atomic E-state index is 2.56. The summed E-state index contributed by atoms with van der Waals surface area (Å²) in [6.07, 6.45) is 6.55. The van der Waals surface area contributed by atoms with Crippen LogP contribution in [0.4, 0.5) is 0 Å². The quantitative estimate of drug-likeness (QED) is 0.302. The number of rotatable bonds is 8. The van der Waals surface area contributed by atoms with Gasteiger partial charge >= 0.3 is 142 Å². The van der Waals surface area contributed by atoms with Crippen LogP contribution in [0, 0.1) is 3.57 Å². The first-order chi connectivity index (χ1) is 9.63. The molecule has 20 heavy (non-hydrogen) atoms. The van der Waals surface area contributed by atoms with Crippen LogP contribution in [-0.2, 0) is 0 Å². The van der Waals surface area contributed by atoms with Crippen LogP contribution in [0.5, 0.6) is 0 Å². The van der Waals surface area contributed by atoms with E-state index in [1.165, 1.54) is 44.2 Å². The predicted octanol–water partition coefficient (Wildman–Crippen LogP) is 6.91. The molecule has 0 atom stereocenters. The first-order valence-electron chi connectivity index (χ1n) is 8.09. The summed E-state index contributed by atoms with van der Waals surface area (Å²) in [5, 5.41) is 4.31. The Morgan fingerprint density at radius 1 is 1.05 bits per heavy atom. The van der Waals surface area contributed by atoms with Gasteiger partial charge in [0.2, 0.25) is 0 Å². The second-order valence-corrected chi connectivity index (χ2v) is 18.0. The van der Waals surface area contributed by atoms with Gasteiger partial charge in [0, 0.05) is 0 Å². The van der Waals surface area contributed by atoms with Crippen molar-refractivity contribution in [1.82, 2.24) is 0 Å². The van der Waals surface area contributed by atoms with Gasteiger partial charge in [0.1, 0.15) is 0 Å². The molecule has 1 rings (SSSR count). The van der Waals surface area contributed by atoms with E-state index in [9.17, 15) is 0 Å². The van der Waals surface area contributed by atoms with Crippen molar-refractivity contribution in [3.63, 3.8) is 0 Å². The van der Waals surface area contributed by atoms with Gasteiger partial charge in [0.05, 0.1) is 0 Å². The Bertz CT molecular complexity index is 425. The summed E-state index contributed by atoms with van der Waals surface area (Å²) in [5.41, 5.74) is 1.43. The topological polar surface area (TPSA) is 0 Å². The van der Waals surface area contributed by atoms with Crippen molar-refractivity contribution in [2.45, 2.75) is 62.7 Å². The number of benzene rings is 1. The minimum absolute atomic E-state index is 1.30. The Morgan fingerprint density at radius 3 is 2.15 bits per heavy atom. The molecule has 0 aliphatic heterocycles. The van der Waals surface area contributed by atoms with Gasteiger partial charge in [-0.1, -0.05) is 0 Å². The van der Waals surface area contributed by atoms with Gasteiger partial charge in [-0.05, 0) is 0 Å². The summed E-state index contributed by atoms with van der Waals surface area (Å²) >= 11 is 0.670. The van der Waals surface area contributed by atoms with Crippen LogP contribution < -0.4 is 0 Å². The first kappa shape index (κ1) is 18.3. The third-order valence-corrected chi connectivity index (χ3v) is 17.9. The second-order valence-electron chi connectivity index (χ2n) is 5.64. The molecule has 2 heteroatoms. The summed E-state index contributed by atoms with van der Waals surface area (Å²) in [7, 11) is 0. The SMILES string of the molecule is CCCC/[C](=C/c1ccccc1I)[Ge]([CH2]C)([CH2]C)[CH2]C. The third-order valence-electron chi connectivity index (χ3n) is 4.75.